The van der Waals surface area contributed by atoms with Crippen molar-refractivity contribution in [1.82, 2.24) is 10.2 Å². The largest absolute Gasteiger partial charge is 0.448 e. The van der Waals surface area contributed by atoms with Crippen LogP contribution in [-0.2, 0) is 4.74 Å². The molecule has 0 spiro atoms. The maximum absolute atomic E-state index is 12.1. The molecule has 1 aromatic carbocycles. The van der Waals surface area contributed by atoms with Crippen LogP contribution in [0.1, 0.15) is 34.2 Å². The third kappa shape index (κ3) is 3.72. The van der Waals surface area contributed by atoms with Gasteiger partial charge in [0.1, 0.15) is 4.88 Å². The average Bonchev–Trinajstić information content (AvgIpc) is 3.25. The number of aromatic nitrogens is 2. The molecule has 0 amide bonds. The number of carbonyl (C=O) groups is 1. The Balaban J connectivity index is 1.70. The monoisotopic (exact) mass is 359 g/mol. The van der Waals surface area contributed by atoms with Crippen LogP contribution < -0.4 is 0 Å². The van der Waals surface area contributed by atoms with E-state index in [-0.39, 0.29) is 15.8 Å². The van der Waals surface area contributed by atoms with Crippen LogP contribution in [0.4, 0.5) is 5.00 Å². The molecule has 25 heavy (non-hydrogen) atoms. The molecule has 9 heteroatoms. The van der Waals surface area contributed by atoms with Gasteiger partial charge in [-0.3, -0.25) is 10.1 Å². The number of nitrogens with zero attached hydrogens (tertiary/aromatic N) is 3. The SMILES string of the molecule is Cc1ccc(-c2nnc([C@@H](C)OC(=O)c3ccc([N+](=O)[O-])s3)o2)cc1. The van der Waals surface area contributed by atoms with Gasteiger partial charge in [-0.2, -0.15) is 0 Å². The molecule has 0 aliphatic heterocycles. The van der Waals surface area contributed by atoms with Crippen LogP contribution in [0.15, 0.2) is 40.8 Å². The summed E-state index contributed by atoms with van der Waals surface area (Å²) in [6.45, 7) is 3.56. The molecular weight excluding hydrogens is 346 g/mol. The van der Waals surface area contributed by atoms with Crippen LogP contribution in [-0.4, -0.2) is 21.1 Å². The number of nitro groups is 1. The lowest BCUT2D eigenvalue weighted by Crippen LogP contribution is -2.08. The Labute approximate surface area is 146 Å². The van der Waals surface area contributed by atoms with Gasteiger partial charge in [0.25, 0.3) is 5.89 Å². The van der Waals surface area contributed by atoms with E-state index >= 15 is 0 Å². The van der Waals surface area contributed by atoms with E-state index in [0.29, 0.717) is 5.89 Å². The van der Waals surface area contributed by atoms with Gasteiger partial charge >= 0.3 is 11.0 Å². The van der Waals surface area contributed by atoms with E-state index in [2.05, 4.69) is 10.2 Å². The lowest BCUT2D eigenvalue weighted by Gasteiger charge is -2.07. The molecular formula is C16H13N3O5S. The quantitative estimate of drug-likeness (QED) is 0.386. The minimum Gasteiger partial charge on any atom is -0.448 e. The topological polar surface area (TPSA) is 108 Å². The smallest absolute Gasteiger partial charge is 0.349 e. The van der Waals surface area contributed by atoms with Crippen molar-refractivity contribution in [3.63, 3.8) is 0 Å². The van der Waals surface area contributed by atoms with Gasteiger partial charge in [-0.1, -0.05) is 29.0 Å². The molecule has 128 valence electrons. The summed E-state index contributed by atoms with van der Waals surface area (Å²) in [6, 6.07) is 10.2. The first-order valence-electron chi connectivity index (χ1n) is 7.29. The first-order chi connectivity index (χ1) is 11.9. The number of hydrogen-bond acceptors (Lipinski definition) is 8. The number of aryl methyl sites for hydroxylation is 1. The molecule has 2 heterocycles. The van der Waals surface area contributed by atoms with Crippen LogP contribution in [0.3, 0.4) is 0 Å². The third-order valence-corrected chi connectivity index (χ3v) is 4.36. The average molecular weight is 359 g/mol. The van der Waals surface area contributed by atoms with Gasteiger partial charge < -0.3 is 9.15 Å². The summed E-state index contributed by atoms with van der Waals surface area (Å²) in [5, 5.41) is 18.4. The Morgan fingerprint density at radius 1 is 1.24 bits per heavy atom. The Kier molecular flexibility index (Phi) is 4.57. The normalized spacial score (nSPS) is 11.9. The van der Waals surface area contributed by atoms with Crippen LogP contribution in [0.25, 0.3) is 11.5 Å². The molecule has 3 rings (SSSR count). The summed E-state index contributed by atoms with van der Waals surface area (Å²) in [5.41, 5.74) is 1.87. The molecule has 2 aromatic heterocycles. The second-order valence-corrected chi connectivity index (χ2v) is 6.32. The van der Waals surface area contributed by atoms with Crippen molar-refractivity contribution < 1.29 is 18.9 Å². The Hall–Kier alpha value is -3.07. The predicted octanol–water partition coefficient (Wildman–Crippen LogP) is 3.93. The molecule has 0 fully saturated rings. The third-order valence-electron chi connectivity index (χ3n) is 3.34. The highest BCUT2D eigenvalue weighted by atomic mass is 32.1. The maximum atomic E-state index is 12.1. The molecule has 0 saturated carbocycles. The minimum absolute atomic E-state index is 0.126. The minimum atomic E-state index is -0.777. The molecule has 0 unspecified atom stereocenters. The molecule has 1 atom stereocenters. The lowest BCUT2D eigenvalue weighted by atomic mass is 10.1. The number of ether oxygens (including phenoxy) is 1. The van der Waals surface area contributed by atoms with Crippen LogP contribution >= 0.6 is 11.3 Å². The maximum Gasteiger partial charge on any atom is 0.349 e. The van der Waals surface area contributed by atoms with E-state index in [1.54, 1.807) is 6.92 Å². The summed E-state index contributed by atoms with van der Waals surface area (Å²) < 4.78 is 10.8. The molecule has 0 saturated heterocycles. The Morgan fingerprint density at radius 2 is 1.96 bits per heavy atom. The summed E-state index contributed by atoms with van der Waals surface area (Å²) in [4.78, 5) is 22.3. The van der Waals surface area contributed by atoms with Crippen molar-refractivity contribution in [2.24, 2.45) is 0 Å². The van der Waals surface area contributed by atoms with Gasteiger partial charge in [0.2, 0.25) is 5.89 Å². The number of esters is 1. The first-order valence-corrected chi connectivity index (χ1v) is 8.11. The first kappa shape index (κ1) is 16.8. The Morgan fingerprint density at radius 3 is 2.60 bits per heavy atom. The second kappa shape index (κ2) is 6.81. The summed E-state index contributed by atoms with van der Waals surface area (Å²) in [6.07, 6.45) is -0.777. The number of carbonyl (C=O) groups excluding carboxylic acids is 1. The zero-order chi connectivity index (χ0) is 18.0. The molecule has 3 aromatic rings. The van der Waals surface area contributed by atoms with E-state index in [9.17, 15) is 14.9 Å². The predicted molar refractivity (Wildman–Crippen MR) is 89.3 cm³/mol. The van der Waals surface area contributed by atoms with Crippen molar-refractivity contribution in [2.45, 2.75) is 20.0 Å². The summed E-state index contributed by atoms with van der Waals surface area (Å²) in [5.74, 6) is -0.208. The van der Waals surface area contributed by atoms with Crippen molar-refractivity contribution in [1.29, 1.82) is 0 Å². The standard InChI is InChI=1S/C16H13N3O5S/c1-9-3-5-11(6-4-9)15-18-17-14(24-15)10(2)23-16(20)12-7-8-13(25-12)19(21)22/h3-8,10H,1-2H3/t10-/m1/s1. The number of benzene rings is 1. The number of hydrogen-bond donors (Lipinski definition) is 0. The fraction of sp³-hybridized carbons (Fsp3) is 0.188. The van der Waals surface area contributed by atoms with E-state index in [1.165, 1.54) is 12.1 Å². The molecule has 0 N–H and O–H groups in total. The highest BCUT2D eigenvalue weighted by Crippen LogP contribution is 2.27. The molecule has 0 aliphatic carbocycles. The fourth-order valence-electron chi connectivity index (χ4n) is 2.02. The van der Waals surface area contributed by atoms with Crippen molar-refractivity contribution >= 4 is 22.3 Å². The van der Waals surface area contributed by atoms with Gasteiger partial charge in [-0.05, 0) is 32.0 Å². The summed E-state index contributed by atoms with van der Waals surface area (Å²) >= 11 is 0.749. The van der Waals surface area contributed by atoms with Gasteiger partial charge in [0.15, 0.2) is 6.10 Å². The molecule has 8 nitrogen and oxygen atoms in total. The van der Waals surface area contributed by atoms with Crippen molar-refractivity contribution in [2.75, 3.05) is 0 Å². The van der Waals surface area contributed by atoms with Crippen LogP contribution in [0, 0.1) is 17.0 Å². The second-order valence-electron chi connectivity index (χ2n) is 5.25. The zero-order valence-corrected chi connectivity index (χ0v) is 14.1. The fourth-order valence-corrected chi connectivity index (χ4v) is 2.72. The Bertz CT molecular complexity index is 916. The highest BCUT2D eigenvalue weighted by molar-refractivity contribution is 7.17. The van der Waals surface area contributed by atoms with E-state index < -0.39 is 17.0 Å². The van der Waals surface area contributed by atoms with E-state index in [4.69, 9.17) is 9.15 Å². The van der Waals surface area contributed by atoms with Gasteiger partial charge in [0.05, 0.1) is 4.92 Å². The van der Waals surface area contributed by atoms with E-state index in [0.717, 1.165) is 22.5 Å². The number of thiophene rings is 1. The van der Waals surface area contributed by atoms with Crippen molar-refractivity contribution in [3.05, 3.63) is 62.8 Å². The number of rotatable bonds is 5. The van der Waals surface area contributed by atoms with Gasteiger partial charge in [-0.15, -0.1) is 10.2 Å². The van der Waals surface area contributed by atoms with Gasteiger partial charge in [0, 0.05) is 11.6 Å². The van der Waals surface area contributed by atoms with Crippen molar-refractivity contribution in [3.8, 4) is 11.5 Å². The van der Waals surface area contributed by atoms with Gasteiger partial charge in [-0.25, -0.2) is 4.79 Å². The van der Waals surface area contributed by atoms with Crippen LogP contribution in [0.2, 0.25) is 0 Å². The molecule has 0 radical (unpaired) electrons. The van der Waals surface area contributed by atoms with Crippen LogP contribution in [0.5, 0.6) is 0 Å². The molecule has 0 aliphatic rings. The lowest BCUT2D eigenvalue weighted by molar-refractivity contribution is -0.380. The van der Waals surface area contributed by atoms with E-state index in [1.807, 2.05) is 31.2 Å². The zero-order valence-electron chi connectivity index (χ0n) is 13.3. The highest BCUT2D eigenvalue weighted by Gasteiger charge is 2.22. The summed E-state index contributed by atoms with van der Waals surface area (Å²) in [7, 11) is 0. The molecule has 0 bridgehead atoms.